The van der Waals surface area contributed by atoms with Crippen LogP contribution >= 0.6 is 0 Å². The maximum absolute atomic E-state index is 12.7. The summed E-state index contributed by atoms with van der Waals surface area (Å²) in [5.74, 6) is -2.95. The highest BCUT2D eigenvalue weighted by Gasteiger charge is 2.56. The standard InChI is InChI=1S/C24H28O8/c1-11(7-8-29-15(5)25)23(27)31-19-9-12(2)17-10-18(30-16(6)26)13(3)20(17)22-21(19)14(4)24(28)32-22/h7,9,17-22H,3-4,8,10H2,1-2,5-6H3/b11-7-/t17-,18-,19-,20-,21+,22+/m0/s1. The molecule has 32 heavy (non-hydrogen) atoms. The van der Waals surface area contributed by atoms with Crippen LogP contribution in [0, 0.1) is 17.8 Å². The van der Waals surface area contributed by atoms with Crippen LogP contribution < -0.4 is 0 Å². The Balaban J connectivity index is 1.88. The van der Waals surface area contributed by atoms with Gasteiger partial charge in [0, 0.05) is 30.9 Å². The minimum absolute atomic E-state index is 0.0440. The van der Waals surface area contributed by atoms with E-state index in [2.05, 4.69) is 13.2 Å². The molecule has 1 saturated heterocycles. The van der Waals surface area contributed by atoms with Crippen molar-refractivity contribution in [3.05, 3.63) is 47.6 Å². The van der Waals surface area contributed by atoms with Crippen molar-refractivity contribution in [3.8, 4) is 0 Å². The van der Waals surface area contributed by atoms with Crippen molar-refractivity contribution in [2.45, 2.75) is 52.4 Å². The van der Waals surface area contributed by atoms with Crippen LogP contribution in [0.1, 0.15) is 34.1 Å². The average molecular weight is 444 g/mol. The number of allylic oxidation sites excluding steroid dienone is 1. The van der Waals surface area contributed by atoms with E-state index in [0.717, 1.165) is 5.57 Å². The Morgan fingerprint density at radius 1 is 1.12 bits per heavy atom. The zero-order valence-corrected chi connectivity index (χ0v) is 18.7. The Bertz CT molecular complexity index is 940. The first-order valence-corrected chi connectivity index (χ1v) is 10.5. The molecule has 0 aromatic rings. The lowest BCUT2D eigenvalue weighted by atomic mass is 9.80. The summed E-state index contributed by atoms with van der Waals surface area (Å²) in [7, 11) is 0. The molecule has 8 nitrogen and oxygen atoms in total. The molecule has 1 saturated carbocycles. The molecule has 2 fully saturated rings. The van der Waals surface area contributed by atoms with E-state index in [1.165, 1.54) is 19.9 Å². The Kier molecular flexibility index (Phi) is 6.71. The molecule has 0 aromatic carbocycles. The number of hydrogen-bond donors (Lipinski definition) is 0. The quantitative estimate of drug-likeness (QED) is 0.276. The van der Waals surface area contributed by atoms with Gasteiger partial charge in [0.05, 0.1) is 5.92 Å². The predicted molar refractivity (Wildman–Crippen MR) is 113 cm³/mol. The fourth-order valence-electron chi connectivity index (χ4n) is 4.70. The first-order valence-electron chi connectivity index (χ1n) is 10.5. The highest BCUT2D eigenvalue weighted by molar-refractivity contribution is 5.92. The first-order chi connectivity index (χ1) is 15.0. The number of hydrogen-bond acceptors (Lipinski definition) is 8. The van der Waals surface area contributed by atoms with Crippen molar-refractivity contribution in [2.75, 3.05) is 6.61 Å². The topological polar surface area (TPSA) is 105 Å². The van der Waals surface area contributed by atoms with Gasteiger partial charge in [0.2, 0.25) is 0 Å². The summed E-state index contributed by atoms with van der Waals surface area (Å²) in [5, 5.41) is 0. The van der Waals surface area contributed by atoms with Crippen LogP contribution in [-0.4, -0.2) is 48.8 Å². The van der Waals surface area contributed by atoms with Gasteiger partial charge in [-0.2, -0.15) is 0 Å². The largest absolute Gasteiger partial charge is 0.462 e. The van der Waals surface area contributed by atoms with Gasteiger partial charge in [-0.1, -0.05) is 18.7 Å². The molecular weight excluding hydrogens is 416 g/mol. The summed E-state index contributed by atoms with van der Waals surface area (Å²) in [6.07, 6.45) is 1.92. The monoisotopic (exact) mass is 444 g/mol. The molecule has 0 amide bonds. The van der Waals surface area contributed by atoms with Crippen molar-refractivity contribution in [2.24, 2.45) is 17.8 Å². The average Bonchev–Trinajstić information content (AvgIpc) is 3.12. The smallest absolute Gasteiger partial charge is 0.334 e. The summed E-state index contributed by atoms with van der Waals surface area (Å²) in [4.78, 5) is 47.5. The molecule has 1 aliphatic heterocycles. The number of rotatable bonds is 5. The van der Waals surface area contributed by atoms with Crippen LogP contribution in [0.25, 0.3) is 0 Å². The van der Waals surface area contributed by atoms with Crippen LogP contribution in [0.15, 0.2) is 47.6 Å². The van der Waals surface area contributed by atoms with Crippen LogP contribution in [0.5, 0.6) is 0 Å². The SMILES string of the molecule is C=C1C(=O)O[C@@H]2[C@H]3C(=C)[C@@H](OC(C)=O)C[C@H]3C(C)=C[C@H](OC(=O)/C(C)=C\COC(C)=O)[C@@H]12. The van der Waals surface area contributed by atoms with Crippen LogP contribution in [0.2, 0.25) is 0 Å². The highest BCUT2D eigenvalue weighted by Crippen LogP contribution is 2.52. The third-order valence-electron chi connectivity index (χ3n) is 6.27. The molecule has 1 heterocycles. The molecule has 3 aliphatic rings. The zero-order chi connectivity index (χ0) is 23.7. The molecule has 0 N–H and O–H groups in total. The van der Waals surface area contributed by atoms with Gasteiger partial charge in [0.15, 0.2) is 0 Å². The van der Waals surface area contributed by atoms with E-state index in [1.54, 1.807) is 6.92 Å². The van der Waals surface area contributed by atoms with Gasteiger partial charge in [-0.25, -0.2) is 9.59 Å². The summed E-state index contributed by atoms with van der Waals surface area (Å²) < 4.78 is 21.7. The van der Waals surface area contributed by atoms with Crippen molar-refractivity contribution >= 4 is 23.9 Å². The highest BCUT2D eigenvalue weighted by atomic mass is 16.6. The van der Waals surface area contributed by atoms with E-state index in [0.29, 0.717) is 12.0 Å². The van der Waals surface area contributed by atoms with E-state index >= 15 is 0 Å². The normalized spacial score (nSPS) is 31.7. The van der Waals surface area contributed by atoms with Gasteiger partial charge in [-0.15, -0.1) is 0 Å². The fraction of sp³-hybridized carbons (Fsp3) is 0.500. The number of fused-ring (bicyclic) bond motifs is 3. The third-order valence-corrected chi connectivity index (χ3v) is 6.27. The van der Waals surface area contributed by atoms with Crippen LogP contribution in [0.3, 0.4) is 0 Å². The van der Waals surface area contributed by atoms with E-state index in [4.69, 9.17) is 18.9 Å². The maximum Gasteiger partial charge on any atom is 0.334 e. The number of ether oxygens (including phenoxy) is 4. The summed E-state index contributed by atoms with van der Waals surface area (Å²) in [6, 6.07) is 0. The molecule has 172 valence electrons. The lowest BCUT2D eigenvalue weighted by Gasteiger charge is -2.29. The predicted octanol–water partition coefficient (Wildman–Crippen LogP) is 2.59. The molecule has 0 spiro atoms. The second kappa shape index (κ2) is 9.14. The molecule has 0 radical (unpaired) electrons. The second-order valence-corrected chi connectivity index (χ2v) is 8.43. The van der Waals surface area contributed by atoms with Gasteiger partial charge in [-0.3, -0.25) is 9.59 Å². The molecule has 0 unspecified atom stereocenters. The Morgan fingerprint density at radius 3 is 2.44 bits per heavy atom. The molecule has 8 heteroatoms. The summed E-state index contributed by atoms with van der Waals surface area (Å²) in [5.41, 5.74) is 2.11. The van der Waals surface area contributed by atoms with Crippen molar-refractivity contribution in [3.63, 3.8) is 0 Å². The molecule has 2 aliphatic carbocycles. The first kappa shape index (κ1) is 23.5. The molecular formula is C24H28O8. The Hall–Kier alpha value is -3.16. The molecule has 3 rings (SSSR count). The Labute approximate surface area is 186 Å². The van der Waals surface area contributed by atoms with Gasteiger partial charge < -0.3 is 18.9 Å². The molecule has 0 bridgehead atoms. The van der Waals surface area contributed by atoms with Gasteiger partial charge >= 0.3 is 23.9 Å². The van der Waals surface area contributed by atoms with E-state index in [1.807, 2.05) is 13.0 Å². The fourth-order valence-corrected chi connectivity index (χ4v) is 4.70. The van der Waals surface area contributed by atoms with Gasteiger partial charge in [-0.05, 0) is 43.9 Å². The van der Waals surface area contributed by atoms with Gasteiger partial charge in [0.1, 0.15) is 24.9 Å². The molecule has 6 atom stereocenters. The summed E-state index contributed by atoms with van der Waals surface area (Å²) in [6.45, 7) is 14.1. The lowest BCUT2D eigenvalue weighted by Crippen LogP contribution is -2.36. The summed E-state index contributed by atoms with van der Waals surface area (Å²) >= 11 is 0. The number of esters is 4. The van der Waals surface area contributed by atoms with Crippen molar-refractivity contribution in [1.29, 1.82) is 0 Å². The van der Waals surface area contributed by atoms with Crippen LogP contribution in [0.4, 0.5) is 0 Å². The van der Waals surface area contributed by atoms with Gasteiger partial charge in [0.25, 0.3) is 0 Å². The number of carbonyl (C=O) groups excluding carboxylic acids is 4. The van der Waals surface area contributed by atoms with Crippen LogP contribution in [-0.2, 0) is 38.1 Å². The zero-order valence-electron chi connectivity index (χ0n) is 18.7. The van der Waals surface area contributed by atoms with Crippen molar-refractivity contribution in [1.82, 2.24) is 0 Å². The maximum atomic E-state index is 12.7. The minimum Gasteiger partial charge on any atom is -0.462 e. The van der Waals surface area contributed by atoms with E-state index in [-0.39, 0.29) is 29.6 Å². The van der Waals surface area contributed by atoms with Crippen molar-refractivity contribution < 1.29 is 38.1 Å². The third kappa shape index (κ3) is 4.54. The van der Waals surface area contributed by atoms with E-state index < -0.39 is 48.1 Å². The number of carbonyl (C=O) groups is 4. The lowest BCUT2D eigenvalue weighted by molar-refractivity contribution is -0.147. The molecule has 0 aromatic heterocycles. The minimum atomic E-state index is -0.769. The van der Waals surface area contributed by atoms with E-state index in [9.17, 15) is 19.2 Å². The second-order valence-electron chi connectivity index (χ2n) is 8.43. The Morgan fingerprint density at radius 2 is 1.81 bits per heavy atom.